The summed E-state index contributed by atoms with van der Waals surface area (Å²) in [5, 5.41) is 5.23. The lowest BCUT2D eigenvalue weighted by Crippen LogP contribution is -2.41. The first kappa shape index (κ1) is 17.0. The van der Waals surface area contributed by atoms with Gasteiger partial charge in [-0.25, -0.2) is 4.39 Å². The zero-order valence-electron chi connectivity index (χ0n) is 12.7. The van der Waals surface area contributed by atoms with Gasteiger partial charge in [0, 0.05) is 5.56 Å². The number of hydrogen-bond acceptors (Lipinski definition) is 3. The van der Waals surface area contributed by atoms with Crippen LogP contribution >= 0.6 is 0 Å². The van der Waals surface area contributed by atoms with E-state index in [-0.39, 0.29) is 12.0 Å². The third-order valence-corrected chi connectivity index (χ3v) is 4.00. The van der Waals surface area contributed by atoms with Crippen molar-refractivity contribution in [2.24, 2.45) is 0 Å². The minimum atomic E-state index is -4.56. The lowest BCUT2D eigenvalue weighted by atomic mass is 9.87. The highest BCUT2D eigenvalue weighted by Crippen LogP contribution is 2.39. The molecule has 1 aliphatic heterocycles. The molecule has 1 fully saturated rings. The minimum absolute atomic E-state index is 0.140. The van der Waals surface area contributed by atoms with Gasteiger partial charge in [0.2, 0.25) is 0 Å². The van der Waals surface area contributed by atoms with Crippen LogP contribution in [0.4, 0.5) is 17.6 Å². The summed E-state index contributed by atoms with van der Waals surface area (Å²) in [7, 11) is -1.22. The van der Waals surface area contributed by atoms with Crippen LogP contribution < -0.4 is 0 Å². The summed E-state index contributed by atoms with van der Waals surface area (Å²) in [4.78, 5) is 0. The van der Waals surface area contributed by atoms with E-state index in [0.717, 1.165) is 12.3 Å². The molecule has 1 aromatic heterocycles. The number of aromatic amines is 1. The van der Waals surface area contributed by atoms with Crippen molar-refractivity contribution in [3.05, 3.63) is 29.3 Å². The Labute approximate surface area is 126 Å². The molecule has 1 aliphatic rings. The van der Waals surface area contributed by atoms with Gasteiger partial charge in [-0.3, -0.25) is 5.10 Å². The number of nitrogens with one attached hydrogen (secondary N) is 1. The van der Waals surface area contributed by atoms with Crippen molar-refractivity contribution in [3.63, 3.8) is 0 Å². The van der Waals surface area contributed by atoms with E-state index in [1.54, 1.807) is 27.7 Å². The predicted molar refractivity (Wildman–Crippen MR) is 72.6 cm³/mol. The van der Waals surface area contributed by atoms with E-state index in [0.29, 0.717) is 0 Å². The molecular formula is C13H17BF4N2O2. The second-order valence-electron chi connectivity index (χ2n) is 6.15. The van der Waals surface area contributed by atoms with E-state index in [2.05, 4.69) is 5.10 Å². The highest BCUT2D eigenvalue weighted by atomic mass is 19.4. The Balaban J connectivity index is 2.11. The van der Waals surface area contributed by atoms with Gasteiger partial charge in [0.15, 0.2) is 0 Å². The average Bonchev–Trinajstić information content (AvgIpc) is 2.89. The number of rotatable bonds is 3. The Morgan fingerprint density at radius 1 is 1.27 bits per heavy atom. The van der Waals surface area contributed by atoms with Crippen LogP contribution in [-0.4, -0.2) is 28.5 Å². The Hall–Kier alpha value is -1.35. The maximum absolute atomic E-state index is 14.1. The summed E-state index contributed by atoms with van der Waals surface area (Å²) >= 11 is 0. The number of alkyl halides is 3. The van der Waals surface area contributed by atoms with Crippen molar-refractivity contribution < 1.29 is 26.9 Å². The molecule has 0 saturated carbocycles. The predicted octanol–water partition coefficient (Wildman–Crippen LogP) is 3.46. The summed E-state index contributed by atoms with van der Waals surface area (Å²) in [5.74, 6) is 0. The van der Waals surface area contributed by atoms with Crippen molar-refractivity contribution in [2.45, 2.75) is 51.5 Å². The Morgan fingerprint density at radius 3 is 2.32 bits per heavy atom. The van der Waals surface area contributed by atoms with E-state index in [9.17, 15) is 17.6 Å². The summed E-state index contributed by atoms with van der Waals surface area (Å²) in [6.45, 7) is 7.05. The first-order valence-corrected chi connectivity index (χ1v) is 6.75. The van der Waals surface area contributed by atoms with Crippen LogP contribution in [0, 0.1) is 0 Å². The van der Waals surface area contributed by atoms with Crippen molar-refractivity contribution in [1.82, 2.24) is 10.2 Å². The van der Waals surface area contributed by atoms with E-state index in [1.165, 1.54) is 0 Å². The first-order chi connectivity index (χ1) is 9.94. The van der Waals surface area contributed by atoms with Crippen molar-refractivity contribution in [1.29, 1.82) is 0 Å². The summed E-state index contributed by atoms with van der Waals surface area (Å²) in [5.41, 5.74) is -3.30. The van der Waals surface area contributed by atoms with Gasteiger partial charge < -0.3 is 9.31 Å². The molecule has 0 spiro atoms. The monoisotopic (exact) mass is 320 g/mol. The molecule has 0 aromatic carbocycles. The SMILES string of the molecule is CC1(C)OB(C(F)=CCc2cn[nH]c2C(F)(F)F)OC1(C)C. The molecule has 1 aromatic rings. The van der Waals surface area contributed by atoms with Crippen LogP contribution in [0.1, 0.15) is 39.0 Å². The second kappa shape index (κ2) is 5.38. The van der Waals surface area contributed by atoms with Gasteiger partial charge in [0.05, 0.1) is 17.4 Å². The van der Waals surface area contributed by atoms with Crippen LogP contribution in [0.5, 0.6) is 0 Å². The molecular weight excluding hydrogens is 303 g/mol. The number of allylic oxidation sites excluding steroid dienone is 1. The largest absolute Gasteiger partial charge is 0.524 e. The molecule has 9 heteroatoms. The van der Waals surface area contributed by atoms with Gasteiger partial charge in [-0.1, -0.05) is 6.08 Å². The number of halogens is 4. The Kier molecular flexibility index (Phi) is 4.16. The normalized spacial score (nSPS) is 21.5. The smallest absolute Gasteiger partial charge is 0.398 e. The van der Waals surface area contributed by atoms with Crippen LogP contribution in [-0.2, 0) is 21.9 Å². The second-order valence-corrected chi connectivity index (χ2v) is 6.15. The maximum Gasteiger partial charge on any atom is 0.524 e. The standard InChI is InChI=1S/C13H17BF4N2O2/c1-11(2)12(3,4)22-14(21-11)9(15)6-5-8-7-19-20-10(8)13(16,17)18/h6-7H,5H2,1-4H3,(H,19,20). The van der Waals surface area contributed by atoms with Gasteiger partial charge in [-0.15, -0.1) is 0 Å². The number of aromatic nitrogens is 2. The van der Waals surface area contributed by atoms with E-state index in [4.69, 9.17) is 9.31 Å². The van der Waals surface area contributed by atoms with Gasteiger partial charge in [-0.2, -0.15) is 18.3 Å². The first-order valence-electron chi connectivity index (χ1n) is 6.75. The van der Waals surface area contributed by atoms with Crippen molar-refractivity contribution >= 4 is 7.12 Å². The van der Waals surface area contributed by atoms with E-state index < -0.39 is 35.9 Å². The van der Waals surface area contributed by atoms with Crippen molar-refractivity contribution in [3.8, 4) is 0 Å². The zero-order chi connectivity index (χ0) is 16.8. The lowest BCUT2D eigenvalue weighted by molar-refractivity contribution is -0.141. The molecule has 0 atom stereocenters. The third kappa shape index (κ3) is 3.20. The minimum Gasteiger partial charge on any atom is -0.398 e. The quantitative estimate of drug-likeness (QED) is 0.685. The number of nitrogens with zero attached hydrogens (tertiary/aromatic N) is 1. The van der Waals surface area contributed by atoms with Gasteiger partial charge in [-0.05, 0) is 34.1 Å². The molecule has 122 valence electrons. The maximum atomic E-state index is 14.1. The molecule has 0 amide bonds. The third-order valence-electron chi connectivity index (χ3n) is 4.00. The van der Waals surface area contributed by atoms with Gasteiger partial charge >= 0.3 is 13.3 Å². The fourth-order valence-electron chi connectivity index (χ4n) is 1.97. The van der Waals surface area contributed by atoms with Crippen LogP contribution in [0.15, 0.2) is 18.0 Å². The molecule has 1 N–H and O–H groups in total. The van der Waals surface area contributed by atoms with Crippen molar-refractivity contribution in [2.75, 3.05) is 0 Å². The van der Waals surface area contributed by atoms with Gasteiger partial charge in [0.1, 0.15) is 11.4 Å². The molecule has 0 radical (unpaired) electrons. The molecule has 2 heterocycles. The summed E-state index contributed by atoms with van der Waals surface area (Å²) < 4.78 is 63.1. The molecule has 0 aliphatic carbocycles. The fraction of sp³-hybridized carbons (Fsp3) is 0.615. The molecule has 0 unspecified atom stereocenters. The lowest BCUT2D eigenvalue weighted by Gasteiger charge is -2.32. The molecule has 2 rings (SSSR count). The Morgan fingerprint density at radius 2 is 1.82 bits per heavy atom. The molecule has 22 heavy (non-hydrogen) atoms. The average molecular weight is 320 g/mol. The summed E-state index contributed by atoms with van der Waals surface area (Å²) in [6.07, 6.45) is -2.78. The molecule has 1 saturated heterocycles. The Bertz CT molecular complexity index is 565. The zero-order valence-corrected chi connectivity index (χ0v) is 12.7. The van der Waals surface area contributed by atoms with Crippen LogP contribution in [0.25, 0.3) is 0 Å². The number of H-pyrrole nitrogens is 1. The van der Waals surface area contributed by atoms with Crippen LogP contribution in [0.3, 0.4) is 0 Å². The molecule has 4 nitrogen and oxygen atoms in total. The van der Waals surface area contributed by atoms with Crippen LogP contribution in [0.2, 0.25) is 0 Å². The highest BCUT2D eigenvalue weighted by molar-refractivity contribution is 6.53. The molecule has 0 bridgehead atoms. The fourth-order valence-corrected chi connectivity index (χ4v) is 1.97. The number of hydrogen-bond donors (Lipinski definition) is 1. The van der Waals surface area contributed by atoms with Gasteiger partial charge in [0.25, 0.3) is 0 Å². The van der Waals surface area contributed by atoms with E-state index >= 15 is 0 Å². The van der Waals surface area contributed by atoms with E-state index in [1.807, 2.05) is 5.10 Å². The highest BCUT2D eigenvalue weighted by Gasteiger charge is 2.53. The summed E-state index contributed by atoms with van der Waals surface area (Å²) in [6, 6.07) is 0. The topological polar surface area (TPSA) is 47.1 Å².